The molecule has 1 heterocycles. The van der Waals surface area contributed by atoms with Crippen molar-refractivity contribution < 1.29 is 62.7 Å². The van der Waals surface area contributed by atoms with Crippen molar-refractivity contribution in [2.24, 2.45) is 35.5 Å². The number of allylic oxidation sites excluding steroid dienone is 4. The number of esters is 1. The predicted molar refractivity (Wildman–Crippen MR) is 154 cm³/mol. The van der Waals surface area contributed by atoms with Crippen molar-refractivity contribution in [2.45, 2.75) is 90.8 Å². The van der Waals surface area contributed by atoms with E-state index in [0.717, 1.165) is 12.8 Å². The van der Waals surface area contributed by atoms with Crippen LogP contribution in [0.3, 0.4) is 0 Å². The van der Waals surface area contributed by atoms with E-state index in [2.05, 4.69) is 20.4 Å². The van der Waals surface area contributed by atoms with Crippen LogP contribution < -0.4 is 0 Å². The first-order valence-corrected chi connectivity index (χ1v) is 14.0. The van der Waals surface area contributed by atoms with Crippen LogP contribution in [0.15, 0.2) is 61.3 Å². The third-order valence-electron chi connectivity index (χ3n) is 7.61. The number of hydrogen-bond donors (Lipinski definition) is 4. The average molecular weight is 621 g/mol. The Morgan fingerprint density at radius 2 is 1.67 bits per heavy atom. The summed E-state index contributed by atoms with van der Waals surface area (Å²) < 4.78 is 5.79. The van der Waals surface area contributed by atoms with Crippen molar-refractivity contribution in [1.82, 2.24) is 0 Å². The molecule has 1 aliphatic heterocycles. The zero-order valence-corrected chi connectivity index (χ0v) is 27.3. The number of aliphatic hydroxyl groups is 4. The Bertz CT molecular complexity index is 821. The second-order valence-corrected chi connectivity index (χ2v) is 11.2. The number of aliphatic hydroxyl groups excluding tert-OH is 4. The fourth-order valence-corrected chi connectivity index (χ4v) is 4.96. The van der Waals surface area contributed by atoms with Crippen LogP contribution in [0.4, 0.5) is 0 Å². The number of ether oxygens (including phenoxy) is 1. The molecule has 0 fully saturated rings. The Morgan fingerprint density at radius 3 is 2.31 bits per heavy atom. The van der Waals surface area contributed by atoms with Crippen LogP contribution >= 0.6 is 0 Å². The molecule has 7 heteroatoms. The van der Waals surface area contributed by atoms with Gasteiger partial charge in [-0.05, 0) is 31.1 Å². The molecule has 0 bridgehead atoms. The Labute approximate surface area is 261 Å². The van der Waals surface area contributed by atoms with Crippen molar-refractivity contribution in [3.63, 3.8) is 0 Å². The molecule has 0 aliphatic carbocycles. The quantitative estimate of drug-likeness (QED) is 0.154. The van der Waals surface area contributed by atoms with Gasteiger partial charge in [0.2, 0.25) is 0 Å². The van der Waals surface area contributed by atoms with Crippen LogP contribution in [0, 0.1) is 42.4 Å². The van der Waals surface area contributed by atoms with Gasteiger partial charge in [0.1, 0.15) is 6.10 Å². The third-order valence-corrected chi connectivity index (χ3v) is 7.61. The summed E-state index contributed by atoms with van der Waals surface area (Å²) in [4.78, 5) is 12.6. The van der Waals surface area contributed by atoms with E-state index in [-0.39, 0.29) is 68.7 Å². The first-order valence-electron chi connectivity index (χ1n) is 14.0. The van der Waals surface area contributed by atoms with Gasteiger partial charge >= 0.3 is 5.97 Å². The molecule has 0 amide bonds. The Kier molecular flexibility index (Phi) is 19.6. The molecule has 1 aliphatic rings. The summed E-state index contributed by atoms with van der Waals surface area (Å²) in [6.07, 6.45) is 13.6. The molecule has 11 atom stereocenters. The number of carbonyl (C=O) groups is 1. The molecule has 0 aromatic rings. The van der Waals surface area contributed by atoms with Gasteiger partial charge in [0.05, 0.1) is 18.3 Å². The second-order valence-electron chi connectivity index (χ2n) is 11.2. The molecule has 39 heavy (non-hydrogen) atoms. The van der Waals surface area contributed by atoms with Crippen LogP contribution in [-0.4, -0.2) is 56.9 Å². The van der Waals surface area contributed by atoms with Gasteiger partial charge in [-0.3, -0.25) is 0 Å². The molecule has 0 spiro atoms. The smallest absolute Gasteiger partial charge is 0.331 e. The summed E-state index contributed by atoms with van der Waals surface area (Å²) in [7, 11) is 0. The van der Waals surface area contributed by atoms with Crippen LogP contribution in [0.1, 0.15) is 60.3 Å². The average Bonchev–Trinajstić information content (AvgIpc) is 2.88. The van der Waals surface area contributed by atoms with Gasteiger partial charge in [-0.15, -0.1) is 12.0 Å². The standard InChI is InChI=1S/C32H51O6.Y/c1-8-9-12-24(5)32-26(7)28(34)18-15-21(2)19-25(6)31(37)23(4)16-17-27(33)20-29(35)22(3)13-10-11-14-30(36)38-32;/h8-14,16-17,21-29,31-35,37H,1,3,15,18-20H2,2,4-7H3;/q-1;/b12-9-,13-10+,14-11-,17-16-;/t21-,22+,23-,24-,25-,26-,27+,28?,29-,31-,32-;/m0./s1. The predicted octanol–water partition coefficient (Wildman–Crippen LogP) is 4.95. The molecule has 1 radical (unpaired) electrons. The van der Waals surface area contributed by atoms with E-state index in [1.165, 1.54) is 12.2 Å². The second kappa shape index (κ2) is 20.1. The normalized spacial score (nSPS) is 39.7. The van der Waals surface area contributed by atoms with Gasteiger partial charge in [0.25, 0.3) is 0 Å². The third kappa shape index (κ3) is 14.5. The molecule has 1 unspecified atom stereocenters. The Morgan fingerprint density at radius 1 is 1.00 bits per heavy atom. The van der Waals surface area contributed by atoms with E-state index < -0.39 is 42.4 Å². The molecule has 4 N–H and O–H groups in total. The maximum Gasteiger partial charge on any atom is 0.331 e. The van der Waals surface area contributed by atoms with E-state index >= 15 is 0 Å². The molecule has 0 saturated heterocycles. The molecule has 219 valence electrons. The van der Waals surface area contributed by atoms with Crippen molar-refractivity contribution in [2.75, 3.05) is 0 Å². The zero-order chi connectivity index (χ0) is 28.8. The maximum atomic E-state index is 12.6. The molecule has 0 aromatic carbocycles. The summed E-state index contributed by atoms with van der Waals surface area (Å²) >= 11 is 0. The van der Waals surface area contributed by atoms with E-state index in [0.29, 0.717) is 6.42 Å². The Hall–Kier alpha value is -0.886. The maximum absolute atomic E-state index is 12.6. The minimum atomic E-state index is -0.881. The van der Waals surface area contributed by atoms with Crippen molar-refractivity contribution in [3.05, 3.63) is 68.2 Å². The van der Waals surface area contributed by atoms with Crippen molar-refractivity contribution in [1.29, 1.82) is 0 Å². The number of cyclic esters (lactones) is 1. The van der Waals surface area contributed by atoms with Crippen LogP contribution in [0.5, 0.6) is 0 Å². The van der Waals surface area contributed by atoms with Crippen LogP contribution in [0.2, 0.25) is 0 Å². The number of hydrogen-bond acceptors (Lipinski definition) is 6. The zero-order valence-electron chi connectivity index (χ0n) is 24.5. The van der Waals surface area contributed by atoms with Gasteiger partial charge in [-0.2, -0.15) is 0 Å². The van der Waals surface area contributed by atoms with Crippen LogP contribution in [0.25, 0.3) is 0 Å². The molecular formula is C32H51O6Y-. The van der Waals surface area contributed by atoms with E-state index in [4.69, 9.17) is 4.74 Å². The van der Waals surface area contributed by atoms with E-state index in [1.807, 2.05) is 33.8 Å². The fourth-order valence-electron chi connectivity index (χ4n) is 4.96. The SMILES string of the molecule is C=C/C=C\[C@H](C)[C@@H]1OC(=O)/C=C\C=C\[C@@H]([CH2-])[C@@H](O)C[C@H](O)/C=C\[C@H](C)[C@H](O)[C@@H](C)C[C@@H](C)CCC(O)[C@@H]1C.[Y]. The topological polar surface area (TPSA) is 107 Å². The van der Waals surface area contributed by atoms with Gasteiger partial charge in [-0.25, -0.2) is 4.79 Å². The van der Waals surface area contributed by atoms with Crippen molar-refractivity contribution >= 4 is 5.97 Å². The minimum Gasteiger partial charge on any atom is -0.458 e. The molecule has 6 nitrogen and oxygen atoms in total. The molecule has 1 rings (SSSR count). The number of carbonyl (C=O) groups excluding carboxylic acids is 1. The summed E-state index contributed by atoms with van der Waals surface area (Å²) in [5.74, 6) is -1.30. The van der Waals surface area contributed by atoms with E-state index in [9.17, 15) is 25.2 Å². The largest absolute Gasteiger partial charge is 0.458 e. The molecule has 0 aromatic heterocycles. The first kappa shape index (κ1) is 38.1. The van der Waals surface area contributed by atoms with Crippen molar-refractivity contribution in [3.8, 4) is 0 Å². The minimum absolute atomic E-state index is 0. The number of rotatable bonds is 3. The first-order chi connectivity index (χ1) is 17.9. The monoisotopic (exact) mass is 620 g/mol. The van der Waals surface area contributed by atoms with Gasteiger partial charge in [0, 0.05) is 69.1 Å². The molecule has 0 saturated carbocycles. The van der Waals surface area contributed by atoms with E-state index in [1.54, 1.807) is 36.5 Å². The summed E-state index contributed by atoms with van der Waals surface area (Å²) in [6, 6.07) is 0. The fraction of sp³-hybridized carbons (Fsp3) is 0.625. The summed E-state index contributed by atoms with van der Waals surface area (Å²) in [6.45, 7) is 17.5. The molecular weight excluding hydrogens is 569 g/mol. The Balaban J connectivity index is 0.0000144. The van der Waals surface area contributed by atoms with Gasteiger partial charge in [0.15, 0.2) is 0 Å². The summed E-state index contributed by atoms with van der Waals surface area (Å²) in [5.41, 5.74) is 0. The van der Waals surface area contributed by atoms with Gasteiger partial charge in [-0.1, -0.05) is 83.7 Å². The summed E-state index contributed by atoms with van der Waals surface area (Å²) in [5, 5.41) is 42.6. The van der Waals surface area contributed by atoms with Gasteiger partial charge < -0.3 is 32.1 Å². The van der Waals surface area contributed by atoms with Crippen LogP contribution in [-0.2, 0) is 42.2 Å².